The molecule has 0 bridgehead atoms. The number of ketones is 1. The first-order valence-corrected chi connectivity index (χ1v) is 9.51. The summed E-state index contributed by atoms with van der Waals surface area (Å²) in [4.78, 5) is 34.9. The van der Waals surface area contributed by atoms with Gasteiger partial charge in [-0.25, -0.2) is 0 Å². The van der Waals surface area contributed by atoms with Gasteiger partial charge in [-0.05, 0) is 25.0 Å². The molecule has 1 amide bonds. The number of Topliss-reactive ketones (excluding diaryl/α,β-unsaturated/α-hetero) is 1. The van der Waals surface area contributed by atoms with Crippen molar-refractivity contribution in [3.05, 3.63) is 42.6 Å². The van der Waals surface area contributed by atoms with Crippen molar-refractivity contribution in [1.82, 2.24) is 24.6 Å². The van der Waals surface area contributed by atoms with Gasteiger partial charge in [-0.3, -0.25) is 24.2 Å². The van der Waals surface area contributed by atoms with Crippen LogP contribution in [-0.2, 0) is 23.1 Å². The standard InChI is InChI=1S/C21H23N5O2/c1-14(27)26-5-3-15(4-6-26)21(28)9-19-8-16-7-17(10-23-20(16)12-22-19)18-11-24-25(2)13-18/h7-8,10-13,15H,3-6,9H2,1-2H3. The number of pyridine rings is 2. The molecule has 0 spiro atoms. The van der Waals surface area contributed by atoms with Gasteiger partial charge in [-0.2, -0.15) is 5.10 Å². The molecular formula is C21H23N5O2. The molecule has 0 unspecified atom stereocenters. The molecule has 0 atom stereocenters. The number of hydrogen-bond donors (Lipinski definition) is 0. The van der Waals surface area contributed by atoms with Crippen molar-refractivity contribution in [1.29, 1.82) is 0 Å². The van der Waals surface area contributed by atoms with Gasteiger partial charge in [0.2, 0.25) is 5.91 Å². The summed E-state index contributed by atoms with van der Waals surface area (Å²) in [5.74, 6) is 0.290. The summed E-state index contributed by atoms with van der Waals surface area (Å²) in [7, 11) is 1.88. The van der Waals surface area contributed by atoms with Gasteiger partial charge >= 0.3 is 0 Å². The molecule has 0 aliphatic carbocycles. The van der Waals surface area contributed by atoms with Crippen LogP contribution in [0.4, 0.5) is 0 Å². The summed E-state index contributed by atoms with van der Waals surface area (Å²) in [6.45, 7) is 2.90. The van der Waals surface area contributed by atoms with Crippen LogP contribution >= 0.6 is 0 Å². The minimum absolute atomic E-state index is 0.00736. The second-order valence-corrected chi connectivity index (χ2v) is 7.42. The molecule has 1 aliphatic heterocycles. The molecule has 4 rings (SSSR count). The molecule has 3 aromatic rings. The maximum Gasteiger partial charge on any atom is 0.219 e. The number of likely N-dealkylation sites (tertiary alicyclic amines) is 1. The van der Waals surface area contributed by atoms with E-state index >= 15 is 0 Å². The molecule has 0 radical (unpaired) electrons. The molecule has 1 saturated heterocycles. The van der Waals surface area contributed by atoms with E-state index in [4.69, 9.17) is 0 Å². The topological polar surface area (TPSA) is 81.0 Å². The second kappa shape index (κ2) is 7.50. The summed E-state index contributed by atoms with van der Waals surface area (Å²) in [6.07, 6.45) is 9.08. The first-order chi connectivity index (χ1) is 13.5. The van der Waals surface area contributed by atoms with Gasteiger partial charge < -0.3 is 4.90 Å². The van der Waals surface area contributed by atoms with E-state index < -0.39 is 0 Å². The summed E-state index contributed by atoms with van der Waals surface area (Å²) < 4.78 is 1.76. The predicted molar refractivity (Wildman–Crippen MR) is 105 cm³/mol. The molecule has 0 saturated carbocycles. The van der Waals surface area contributed by atoms with Crippen molar-refractivity contribution >= 4 is 22.6 Å². The van der Waals surface area contributed by atoms with Gasteiger partial charge in [-0.1, -0.05) is 0 Å². The van der Waals surface area contributed by atoms with Crippen LogP contribution in [0.2, 0.25) is 0 Å². The van der Waals surface area contributed by atoms with Crippen molar-refractivity contribution in [3.63, 3.8) is 0 Å². The van der Waals surface area contributed by atoms with Crippen LogP contribution in [0.15, 0.2) is 36.9 Å². The minimum atomic E-state index is 0.00736. The third kappa shape index (κ3) is 3.78. The molecule has 3 aromatic heterocycles. The zero-order chi connectivity index (χ0) is 19.7. The Morgan fingerprint density at radius 2 is 1.86 bits per heavy atom. The van der Waals surface area contributed by atoms with Gasteiger partial charge in [0.1, 0.15) is 5.78 Å². The van der Waals surface area contributed by atoms with Crippen LogP contribution in [0, 0.1) is 5.92 Å². The highest BCUT2D eigenvalue weighted by atomic mass is 16.2. The number of hydrogen-bond acceptors (Lipinski definition) is 5. The smallest absolute Gasteiger partial charge is 0.219 e. The van der Waals surface area contributed by atoms with E-state index in [1.54, 1.807) is 17.8 Å². The van der Waals surface area contributed by atoms with Crippen LogP contribution in [0.3, 0.4) is 0 Å². The van der Waals surface area contributed by atoms with Crippen LogP contribution < -0.4 is 0 Å². The molecule has 28 heavy (non-hydrogen) atoms. The zero-order valence-corrected chi connectivity index (χ0v) is 16.1. The highest BCUT2D eigenvalue weighted by molar-refractivity contribution is 5.86. The van der Waals surface area contributed by atoms with E-state index in [2.05, 4.69) is 21.1 Å². The quantitative estimate of drug-likeness (QED) is 0.697. The van der Waals surface area contributed by atoms with Crippen molar-refractivity contribution in [2.24, 2.45) is 13.0 Å². The Balaban J connectivity index is 1.49. The molecule has 1 fully saturated rings. The zero-order valence-electron chi connectivity index (χ0n) is 16.1. The van der Waals surface area contributed by atoms with E-state index in [-0.39, 0.29) is 17.6 Å². The van der Waals surface area contributed by atoms with E-state index in [0.29, 0.717) is 19.5 Å². The van der Waals surface area contributed by atoms with Gasteiger partial charge in [0.05, 0.1) is 17.9 Å². The summed E-state index contributed by atoms with van der Waals surface area (Å²) in [5.41, 5.74) is 3.56. The number of rotatable bonds is 4. The summed E-state index contributed by atoms with van der Waals surface area (Å²) in [6, 6.07) is 4.01. The lowest BCUT2D eigenvalue weighted by Gasteiger charge is -2.30. The van der Waals surface area contributed by atoms with E-state index in [1.165, 1.54) is 0 Å². The Morgan fingerprint density at radius 3 is 2.54 bits per heavy atom. The fourth-order valence-electron chi connectivity index (χ4n) is 3.74. The van der Waals surface area contributed by atoms with E-state index in [1.807, 2.05) is 36.6 Å². The van der Waals surface area contributed by atoms with E-state index in [9.17, 15) is 9.59 Å². The lowest BCUT2D eigenvalue weighted by Crippen LogP contribution is -2.39. The van der Waals surface area contributed by atoms with Gasteiger partial charge in [0.15, 0.2) is 0 Å². The minimum Gasteiger partial charge on any atom is -0.343 e. The third-order valence-electron chi connectivity index (χ3n) is 5.41. The SMILES string of the molecule is CC(=O)N1CCC(C(=O)Cc2cc3cc(-c4cnn(C)c4)cnc3cn2)CC1. The van der Waals surface area contributed by atoms with Crippen molar-refractivity contribution in [2.45, 2.75) is 26.2 Å². The van der Waals surface area contributed by atoms with Gasteiger partial charge in [-0.15, -0.1) is 0 Å². The molecule has 4 heterocycles. The Bertz CT molecular complexity index is 1030. The van der Waals surface area contributed by atoms with Crippen molar-refractivity contribution in [2.75, 3.05) is 13.1 Å². The van der Waals surface area contributed by atoms with Gasteiger partial charge in [0.25, 0.3) is 0 Å². The van der Waals surface area contributed by atoms with Crippen LogP contribution in [-0.4, -0.2) is 49.4 Å². The number of aromatic nitrogens is 4. The highest BCUT2D eigenvalue weighted by Gasteiger charge is 2.26. The average molecular weight is 377 g/mol. The molecule has 7 heteroatoms. The first kappa shape index (κ1) is 18.3. The maximum absolute atomic E-state index is 12.7. The lowest BCUT2D eigenvalue weighted by molar-refractivity contribution is -0.133. The molecule has 144 valence electrons. The Hall–Kier alpha value is -3.09. The predicted octanol–water partition coefficient (Wildman–Crippen LogP) is 2.40. The normalized spacial score (nSPS) is 15.1. The number of carbonyl (C=O) groups is 2. The van der Waals surface area contributed by atoms with Crippen molar-refractivity contribution < 1.29 is 9.59 Å². The number of fused-ring (bicyclic) bond motifs is 1. The summed E-state index contributed by atoms with van der Waals surface area (Å²) >= 11 is 0. The monoisotopic (exact) mass is 377 g/mol. The number of nitrogens with zero attached hydrogens (tertiary/aromatic N) is 5. The first-order valence-electron chi connectivity index (χ1n) is 9.51. The second-order valence-electron chi connectivity index (χ2n) is 7.42. The van der Waals surface area contributed by atoms with Crippen LogP contribution in [0.1, 0.15) is 25.5 Å². The molecule has 0 aromatic carbocycles. The summed E-state index contributed by atoms with van der Waals surface area (Å²) in [5, 5.41) is 5.17. The third-order valence-corrected chi connectivity index (χ3v) is 5.41. The van der Waals surface area contributed by atoms with Gasteiger partial charge in [0, 0.05) is 74.0 Å². The largest absolute Gasteiger partial charge is 0.343 e. The highest BCUT2D eigenvalue weighted by Crippen LogP contribution is 2.24. The lowest BCUT2D eigenvalue weighted by atomic mass is 9.90. The number of aryl methyl sites for hydroxylation is 1. The maximum atomic E-state index is 12.7. The molecule has 7 nitrogen and oxygen atoms in total. The Labute approximate surface area is 163 Å². The van der Waals surface area contributed by atoms with Crippen molar-refractivity contribution in [3.8, 4) is 11.1 Å². The molecule has 1 aliphatic rings. The van der Waals surface area contributed by atoms with Crippen LogP contribution in [0.5, 0.6) is 0 Å². The Kier molecular flexibility index (Phi) is 4.90. The molecular weight excluding hydrogens is 354 g/mol. The molecule has 0 N–H and O–H groups in total. The fourth-order valence-corrected chi connectivity index (χ4v) is 3.74. The Morgan fingerprint density at radius 1 is 1.07 bits per heavy atom. The van der Waals surface area contributed by atoms with E-state index in [0.717, 1.165) is 40.6 Å². The van der Waals surface area contributed by atoms with Crippen LogP contribution in [0.25, 0.3) is 22.0 Å². The average Bonchev–Trinajstić information content (AvgIpc) is 3.14. The number of piperidine rings is 1. The number of carbonyl (C=O) groups excluding carboxylic acids is 2. The number of amides is 1. The fraction of sp³-hybridized carbons (Fsp3) is 0.381.